The summed E-state index contributed by atoms with van der Waals surface area (Å²) in [5.41, 5.74) is 5.31. The van der Waals surface area contributed by atoms with Crippen molar-refractivity contribution in [3.63, 3.8) is 0 Å². The van der Waals surface area contributed by atoms with Crippen LogP contribution in [0.2, 0.25) is 0 Å². The number of fused-ring (bicyclic) bond motifs is 2. The van der Waals surface area contributed by atoms with Crippen LogP contribution in [0.5, 0.6) is 0 Å². The van der Waals surface area contributed by atoms with Gasteiger partial charge in [0.05, 0.1) is 22.5 Å². The quantitative estimate of drug-likeness (QED) is 0.0523. The van der Waals surface area contributed by atoms with Crippen LogP contribution in [0.4, 0.5) is 33.5 Å². The molecule has 4 amide bonds. The third-order valence-electron chi connectivity index (χ3n) is 14.5. The van der Waals surface area contributed by atoms with Crippen molar-refractivity contribution in [3.05, 3.63) is 68.2 Å². The first-order chi connectivity index (χ1) is 34.5. The van der Waals surface area contributed by atoms with E-state index < -0.39 is 0 Å². The van der Waals surface area contributed by atoms with E-state index >= 15 is 0 Å². The largest absolute Gasteiger partial charge is 0.352 e. The topological polar surface area (TPSA) is 238 Å². The highest BCUT2D eigenvalue weighted by atomic mass is 32.1. The fraction of sp³-hybridized carbons (Fsp3) is 0.551. The van der Waals surface area contributed by atoms with E-state index in [0.29, 0.717) is 70.8 Å². The molecule has 22 heteroatoms. The Morgan fingerprint density at radius 3 is 1.52 bits per heavy atom. The zero-order valence-electron chi connectivity index (χ0n) is 40.7. The molecule has 20 nitrogen and oxygen atoms in total. The van der Waals surface area contributed by atoms with Crippen LogP contribution >= 0.6 is 22.7 Å². The van der Waals surface area contributed by atoms with E-state index in [1.165, 1.54) is 35.4 Å². The Morgan fingerprint density at radius 1 is 0.648 bits per heavy atom. The molecule has 378 valence electrons. The number of thiophene rings is 2. The molecule has 0 saturated heterocycles. The van der Waals surface area contributed by atoms with Gasteiger partial charge in [0, 0.05) is 75.8 Å². The summed E-state index contributed by atoms with van der Waals surface area (Å²) >= 11 is 3.13. The summed E-state index contributed by atoms with van der Waals surface area (Å²) in [6.07, 6.45) is 17.7. The van der Waals surface area contributed by atoms with Gasteiger partial charge in [-0.1, -0.05) is 6.92 Å². The van der Waals surface area contributed by atoms with Crippen LogP contribution in [0, 0.1) is 30.6 Å². The summed E-state index contributed by atoms with van der Waals surface area (Å²) in [6, 6.07) is 4.19. The van der Waals surface area contributed by atoms with E-state index in [1.54, 1.807) is 40.0 Å². The highest BCUT2D eigenvalue weighted by Gasteiger charge is 2.37. The number of rotatable bonds is 17. The predicted molar refractivity (Wildman–Crippen MR) is 275 cm³/mol. The van der Waals surface area contributed by atoms with Crippen LogP contribution in [0.1, 0.15) is 139 Å². The van der Waals surface area contributed by atoms with Gasteiger partial charge in [-0.05, 0) is 126 Å². The van der Waals surface area contributed by atoms with E-state index in [2.05, 4.69) is 78.6 Å². The lowest BCUT2D eigenvalue weighted by molar-refractivity contribution is -0.118. The summed E-state index contributed by atoms with van der Waals surface area (Å²) in [5, 5.41) is 46.4. The van der Waals surface area contributed by atoms with Crippen molar-refractivity contribution in [2.45, 2.75) is 122 Å². The molecule has 6 N–H and O–H groups in total. The lowest BCUT2D eigenvalue weighted by Gasteiger charge is -2.25. The van der Waals surface area contributed by atoms with Gasteiger partial charge in [-0.2, -0.15) is 10.2 Å². The molecule has 6 aliphatic carbocycles. The first-order valence-electron chi connectivity index (χ1n) is 25.3. The van der Waals surface area contributed by atoms with Gasteiger partial charge in [0.2, 0.25) is 23.7 Å². The van der Waals surface area contributed by atoms with Crippen LogP contribution in [0.15, 0.2) is 24.8 Å². The fourth-order valence-corrected chi connectivity index (χ4v) is 12.1. The summed E-state index contributed by atoms with van der Waals surface area (Å²) in [7, 11) is 3.79. The third-order valence-corrected chi connectivity index (χ3v) is 16.9. The summed E-state index contributed by atoms with van der Waals surface area (Å²) in [4.78, 5) is 54.2. The Hall–Kier alpha value is -6.42. The normalized spacial score (nSPS) is 19.2. The van der Waals surface area contributed by atoms with Crippen molar-refractivity contribution in [2.75, 3.05) is 34.4 Å². The van der Waals surface area contributed by atoms with E-state index in [1.807, 2.05) is 37.8 Å². The maximum Gasteiger partial charge on any atom is 0.254 e. The number of carbonyl (C=O) groups is 4. The Morgan fingerprint density at radius 2 is 1.11 bits per heavy atom. The Kier molecular flexibility index (Phi) is 13.0. The Bertz CT molecular complexity index is 2990. The zero-order valence-corrected chi connectivity index (χ0v) is 42.3. The second kappa shape index (κ2) is 19.6. The molecule has 71 heavy (non-hydrogen) atoms. The highest BCUT2D eigenvalue weighted by molar-refractivity contribution is 7.17. The molecule has 6 aliphatic rings. The minimum atomic E-state index is -0.0754. The molecule has 0 aromatic carbocycles. The molecular weight excluding hydrogens is 941 g/mol. The van der Waals surface area contributed by atoms with Crippen LogP contribution in [0.25, 0.3) is 0 Å². The van der Waals surface area contributed by atoms with Gasteiger partial charge in [0.25, 0.3) is 11.8 Å². The molecule has 6 aromatic rings. The van der Waals surface area contributed by atoms with E-state index in [9.17, 15) is 19.2 Å². The first-order valence-corrected chi connectivity index (χ1v) is 26.9. The number of aryl methyl sites for hydroxylation is 6. The van der Waals surface area contributed by atoms with E-state index in [4.69, 9.17) is 0 Å². The molecule has 0 bridgehead atoms. The number of aromatic nitrogens is 10. The fourth-order valence-electron chi connectivity index (χ4n) is 9.65. The number of nitrogens with zero attached hydrogens (tertiary/aromatic N) is 10. The van der Waals surface area contributed by atoms with Crippen LogP contribution in [0.3, 0.4) is 0 Å². The second-order valence-electron chi connectivity index (χ2n) is 20.2. The summed E-state index contributed by atoms with van der Waals surface area (Å²) in [6.45, 7) is 5.43. The van der Waals surface area contributed by atoms with Gasteiger partial charge in [-0.25, -0.2) is 0 Å². The number of hydrogen-bond donors (Lipinski definition) is 6. The number of hydrogen-bond acceptors (Lipinski definition) is 14. The lowest BCUT2D eigenvalue weighted by Crippen LogP contribution is -2.28. The highest BCUT2D eigenvalue weighted by Crippen LogP contribution is 2.45. The summed E-state index contributed by atoms with van der Waals surface area (Å²) < 4.78 is 7.71. The van der Waals surface area contributed by atoms with Crippen molar-refractivity contribution in [2.24, 2.45) is 37.8 Å². The zero-order chi connectivity index (χ0) is 48.9. The molecule has 0 unspecified atom stereocenters. The summed E-state index contributed by atoms with van der Waals surface area (Å²) in [5.74, 6) is 4.29. The van der Waals surface area contributed by atoms with Crippen molar-refractivity contribution in [1.82, 2.24) is 59.7 Å². The van der Waals surface area contributed by atoms with Crippen LogP contribution in [-0.2, 0) is 55.8 Å². The van der Waals surface area contributed by atoms with Gasteiger partial charge >= 0.3 is 0 Å². The molecule has 0 radical (unpaired) electrons. The Balaban J connectivity index is 0.000000175. The minimum absolute atomic E-state index is 0. The van der Waals surface area contributed by atoms with Crippen molar-refractivity contribution in [3.8, 4) is 0 Å². The van der Waals surface area contributed by atoms with Crippen LogP contribution in [-0.4, -0.2) is 85.8 Å². The molecular formula is C49H66N16O4S2. The smallest absolute Gasteiger partial charge is 0.254 e. The molecule has 2 atom stereocenters. The number of anilines is 6. The first kappa shape index (κ1) is 46.9. The monoisotopic (exact) mass is 1010 g/mol. The van der Waals surface area contributed by atoms with Crippen LogP contribution < -0.4 is 31.9 Å². The molecule has 4 fully saturated rings. The second-order valence-corrected chi connectivity index (χ2v) is 22.4. The van der Waals surface area contributed by atoms with Gasteiger partial charge in [-0.3, -0.25) is 37.7 Å². The van der Waals surface area contributed by atoms with E-state index in [-0.39, 0.29) is 50.4 Å². The molecule has 12 rings (SSSR count). The maximum atomic E-state index is 13.4. The molecule has 0 spiro atoms. The van der Waals surface area contributed by atoms with Gasteiger partial charge < -0.3 is 31.9 Å². The standard InChI is InChI=1S/C25H32N8O2S.C24H30N8O2S.2H2/c1-3-16-10-20(32(2)31-16)28-25-30-27-13-33(25)17-8-9-19-18(11-17)21(23(35)26-12-14-4-5-14)24(36-19)29-22(34)15-6-7-15;1-13-9-19(31(2)30-13)27-24-29-26-12-32(24)16-7-8-18-17(10-16)20(22(34)25-11-14-3-4-14)23(35-18)28-21(33)15-5-6-15;;/h10,13-15,17H,3-9,11-12H2,1-2H3,(H,26,35)(H,28,30)(H,29,34);9,12,14-16H,3-8,10-11H2,1-2H3,(H,25,34)(H,27,29)(H,28,33);2*1H/t17-;16-;;/m00../s1. The van der Waals surface area contributed by atoms with Gasteiger partial charge in [0.15, 0.2) is 0 Å². The number of amides is 4. The molecule has 0 aliphatic heterocycles. The van der Waals surface area contributed by atoms with Gasteiger partial charge in [0.1, 0.15) is 34.3 Å². The lowest BCUT2D eigenvalue weighted by atomic mass is 9.91. The average molecular weight is 1010 g/mol. The molecule has 6 aromatic heterocycles. The maximum absolute atomic E-state index is 13.4. The number of nitrogens with one attached hydrogen (secondary N) is 6. The van der Waals surface area contributed by atoms with Crippen molar-refractivity contribution in [1.29, 1.82) is 0 Å². The van der Waals surface area contributed by atoms with Crippen molar-refractivity contribution < 1.29 is 22.0 Å². The number of carbonyl (C=O) groups excluding carboxylic acids is 4. The average Bonchev–Trinajstić information content (AvgIpc) is 4.25. The Labute approximate surface area is 422 Å². The minimum Gasteiger partial charge on any atom is -0.352 e. The third kappa shape index (κ3) is 10.5. The predicted octanol–water partition coefficient (Wildman–Crippen LogP) is 7.43. The molecule has 6 heterocycles. The van der Waals surface area contributed by atoms with Crippen molar-refractivity contribution >= 4 is 79.8 Å². The van der Waals surface area contributed by atoms with E-state index in [0.717, 1.165) is 91.9 Å². The molecule has 4 saturated carbocycles. The SMILES string of the molecule is CCc1cc(Nc2nncn2[C@H]2CCc3sc(NC(=O)C4CC4)c(C(=O)NCC4CC4)c3C2)n(C)n1.Cc1cc(Nc2nncn2[C@H]2CCc3sc(NC(=O)C4CC4)c(C(=O)NCC4CC4)c3C2)n(C)n1.[HH].[HH]. The van der Waals surface area contributed by atoms with Gasteiger partial charge in [-0.15, -0.1) is 43.1 Å².